The number of rotatable bonds is 9. The first-order valence-electron chi connectivity index (χ1n) is 9.45. The molecule has 0 aliphatic heterocycles. The van der Waals surface area contributed by atoms with E-state index in [1.54, 1.807) is 29.5 Å². The number of aryl methyl sites for hydroxylation is 1. The Kier molecular flexibility index (Phi) is 7.50. The molecule has 1 heterocycles. The maximum atomic E-state index is 12.4. The number of anilines is 1. The van der Waals surface area contributed by atoms with Crippen LogP contribution in [0.3, 0.4) is 0 Å². The Labute approximate surface area is 185 Å². The number of carbonyl (C=O) groups excluding carboxylic acids is 1. The van der Waals surface area contributed by atoms with Gasteiger partial charge in [0, 0.05) is 29.3 Å². The van der Waals surface area contributed by atoms with E-state index in [-0.39, 0.29) is 5.91 Å². The molecule has 0 unspecified atom stereocenters. The smallest absolute Gasteiger partial charge is 0.248 e. The molecular weight excluding hydrogens is 416 g/mol. The highest BCUT2D eigenvalue weighted by Crippen LogP contribution is 2.39. The fourth-order valence-corrected chi connectivity index (χ4v) is 3.45. The number of ether oxygens (including phenoxy) is 4. The maximum Gasteiger partial charge on any atom is 0.248 e. The van der Waals surface area contributed by atoms with Crippen molar-refractivity contribution in [2.75, 3.05) is 26.6 Å². The summed E-state index contributed by atoms with van der Waals surface area (Å²) in [5, 5.41) is 5.78. The topological polar surface area (TPSA) is 78.9 Å². The van der Waals surface area contributed by atoms with Gasteiger partial charge in [-0.15, -0.1) is 11.3 Å². The monoisotopic (exact) mass is 440 g/mol. The molecule has 0 saturated carbocycles. The lowest BCUT2D eigenvalue weighted by molar-refractivity contribution is -0.111. The summed E-state index contributed by atoms with van der Waals surface area (Å²) < 4.78 is 21.7. The number of hydrogen-bond acceptors (Lipinski definition) is 7. The predicted molar refractivity (Wildman–Crippen MR) is 121 cm³/mol. The van der Waals surface area contributed by atoms with Crippen LogP contribution < -0.4 is 24.3 Å². The van der Waals surface area contributed by atoms with Gasteiger partial charge in [0.25, 0.3) is 0 Å². The van der Waals surface area contributed by atoms with E-state index in [4.69, 9.17) is 18.9 Å². The molecule has 31 heavy (non-hydrogen) atoms. The SMILES string of the molecule is COc1cc(NC(=O)/C=C/c2cccc(OCc3csc(C)n3)c2)cc(OC)c1OC. The fourth-order valence-electron chi connectivity index (χ4n) is 2.85. The van der Waals surface area contributed by atoms with E-state index < -0.39 is 0 Å². The van der Waals surface area contributed by atoms with Gasteiger partial charge in [-0.2, -0.15) is 0 Å². The van der Waals surface area contributed by atoms with Crippen LogP contribution in [0.4, 0.5) is 5.69 Å². The number of nitrogens with one attached hydrogen (secondary N) is 1. The highest BCUT2D eigenvalue weighted by Gasteiger charge is 2.13. The third kappa shape index (κ3) is 5.99. The number of aromatic nitrogens is 1. The van der Waals surface area contributed by atoms with E-state index in [0.717, 1.165) is 16.3 Å². The minimum atomic E-state index is -0.293. The van der Waals surface area contributed by atoms with E-state index in [9.17, 15) is 4.79 Å². The van der Waals surface area contributed by atoms with Crippen LogP contribution in [0.1, 0.15) is 16.3 Å². The Balaban J connectivity index is 1.64. The summed E-state index contributed by atoms with van der Waals surface area (Å²) in [7, 11) is 4.57. The number of amides is 1. The Morgan fingerprint density at radius 3 is 2.45 bits per heavy atom. The van der Waals surface area contributed by atoms with Gasteiger partial charge in [-0.1, -0.05) is 12.1 Å². The maximum absolute atomic E-state index is 12.4. The molecule has 0 saturated heterocycles. The largest absolute Gasteiger partial charge is 0.493 e. The normalized spacial score (nSPS) is 10.7. The van der Waals surface area contributed by atoms with Gasteiger partial charge >= 0.3 is 0 Å². The van der Waals surface area contributed by atoms with Crippen molar-refractivity contribution >= 4 is 29.0 Å². The second kappa shape index (κ2) is 10.5. The summed E-state index contributed by atoms with van der Waals surface area (Å²) >= 11 is 1.59. The average molecular weight is 441 g/mol. The van der Waals surface area contributed by atoms with Crippen LogP contribution in [0, 0.1) is 6.92 Å². The van der Waals surface area contributed by atoms with E-state index in [0.29, 0.717) is 35.3 Å². The lowest BCUT2D eigenvalue weighted by Crippen LogP contribution is -2.08. The molecule has 162 valence electrons. The zero-order valence-corrected chi connectivity index (χ0v) is 18.6. The van der Waals surface area contributed by atoms with E-state index in [1.807, 2.05) is 36.6 Å². The third-order valence-corrected chi connectivity index (χ3v) is 5.09. The molecule has 3 aromatic rings. The highest BCUT2D eigenvalue weighted by molar-refractivity contribution is 7.09. The first-order valence-corrected chi connectivity index (χ1v) is 10.3. The predicted octanol–water partition coefficient (Wildman–Crippen LogP) is 4.71. The van der Waals surface area contributed by atoms with Gasteiger partial charge < -0.3 is 24.3 Å². The quantitative estimate of drug-likeness (QED) is 0.486. The Hall–Kier alpha value is -3.52. The Bertz CT molecular complexity index is 1050. The molecule has 0 fully saturated rings. The molecule has 1 amide bonds. The Morgan fingerprint density at radius 2 is 1.84 bits per heavy atom. The van der Waals surface area contributed by atoms with Crippen LogP contribution in [0.25, 0.3) is 6.08 Å². The molecule has 7 nitrogen and oxygen atoms in total. The lowest BCUT2D eigenvalue weighted by Gasteiger charge is -2.14. The van der Waals surface area contributed by atoms with Crippen molar-refractivity contribution in [1.82, 2.24) is 4.98 Å². The van der Waals surface area contributed by atoms with Crippen LogP contribution in [-0.4, -0.2) is 32.2 Å². The van der Waals surface area contributed by atoms with Crippen LogP contribution >= 0.6 is 11.3 Å². The van der Waals surface area contributed by atoms with Crippen LogP contribution in [0.15, 0.2) is 47.9 Å². The minimum Gasteiger partial charge on any atom is -0.493 e. The van der Waals surface area contributed by atoms with Crippen LogP contribution in [-0.2, 0) is 11.4 Å². The minimum absolute atomic E-state index is 0.293. The molecule has 0 aliphatic rings. The third-order valence-electron chi connectivity index (χ3n) is 4.27. The number of hydrogen-bond donors (Lipinski definition) is 1. The zero-order valence-electron chi connectivity index (χ0n) is 17.8. The van der Waals surface area contributed by atoms with Gasteiger partial charge in [-0.05, 0) is 30.7 Å². The molecule has 2 aromatic carbocycles. The lowest BCUT2D eigenvalue weighted by atomic mass is 10.2. The van der Waals surface area contributed by atoms with E-state index >= 15 is 0 Å². The molecule has 1 aromatic heterocycles. The molecule has 8 heteroatoms. The second-order valence-electron chi connectivity index (χ2n) is 6.46. The van der Waals surface area contributed by atoms with Crippen molar-refractivity contribution in [3.63, 3.8) is 0 Å². The van der Waals surface area contributed by atoms with Crippen molar-refractivity contribution in [3.8, 4) is 23.0 Å². The molecule has 1 N–H and O–H groups in total. The summed E-state index contributed by atoms with van der Waals surface area (Å²) in [5.41, 5.74) is 2.26. The van der Waals surface area contributed by atoms with E-state index in [1.165, 1.54) is 27.4 Å². The van der Waals surface area contributed by atoms with Gasteiger partial charge in [0.2, 0.25) is 11.7 Å². The van der Waals surface area contributed by atoms with Gasteiger partial charge in [0.05, 0.1) is 32.0 Å². The summed E-state index contributed by atoms with van der Waals surface area (Å²) in [4.78, 5) is 16.8. The number of thiazole rings is 1. The first kappa shape index (κ1) is 22.2. The van der Waals surface area contributed by atoms with Crippen LogP contribution in [0.5, 0.6) is 23.0 Å². The van der Waals surface area contributed by atoms with Crippen LogP contribution in [0.2, 0.25) is 0 Å². The summed E-state index contributed by atoms with van der Waals surface area (Å²) in [6.45, 7) is 2.36. The van der Waals surface area contributed by atoms with Gasteiger partial charge in [-0.25, -0.2) is 4.98 Å². The zero-order chi connectivity index (χ0) is 22.2. The van der Waals surface area contributed by atoms with Gasteiger partial charge in [0.15, 0.2) is 11.5 Å². The summed E-state index contributed by atoms with van der Waals surface area (Å²) in [5.74, 6) is 1.79. The molecular formula is C23H24N2O5S. The second-order valence-corrected chi connectivity index (χ2v) is 7.52. The highest BCUT2D eigenvalue weighted by atomic mass is 32.1. The van der Waals surface area contributed by atoms with Crippen molar-refractivity contribution in [2.45, 2.75) is 13.5 Å². The number of nitrogens with zero attached hydrogens (tertiary/aromatic N) is 1. The van der Waals surface area contributed by atoms with E-state index in [2.05, 4.69) is 10.3 Å². The van der Waals surface area contributed by atoms with Crippen molar-refractivity contribution in [3.05, 3.63) is 64.1 Å². The standard InChI is InChI=1S/C23H24N2O5S/c1-15-24-18(14-31-15)13-30-19-7-5-6-16(10-19)8-9-22(26)25-17-11-20(27-2)23(29-4)21(12-17)28-3/h5-12,14H,13H2,1-4H3,(H,25,26)/b9-8+. The van der Waals surface area contributed by atoms with Gasteiger partial charge in [0.1, 0.15) is 12.4 Å². The van der Waals surface area contributed by atoms with Gasteiger partial charge in [-0.3, -0.25) is 4.79 Å². The van der Waals surface area contributed by atoms with Crippen molar-refractivity contribution < 1.29 is 23.7 Å². The number of carbonyl (C=O) groups is 1. The Morgan fingerprint density at radius 1 is 1.10 bits per heavy atom. The van der Waals surface area contributed by atoms with Crippen molar-refractivity contribution in [2.24, 2.45) is 0 Å². The molecule has 0 spiro atoms. The fraction of sp³-hybridized carbons (Fsp3) is 0.217. The van der Waals surface area contributed by atoms with Crippen molar-refractivity contribution in [1.29, 1.82) is 0 Å². The molecule has 3 rings (SSSR count). The number of benzene rings is 2. The molecule has 0 radical (unpaired) electrons. The molecule has 0 bridgehead atoms. The molecule has 0 atom stereocenters. The molecule has 0 aliphatic carbocycles. The average Bonchev–Trinajstić information content (AvgIpc) is 3.21. The summed E-state index contributed by atoms with van der Waals surface area (Å²) in [6.07, 6.45) is 3.17. The summed E-state index contributed by atoms with van der Waals surface area (Å²) in [6, 6.07) is 10.8. The number of methoxy groups -OCH3 is 3. The first-order chi connectivity index (χ1) is 15.0.